The van der Waals surface area contributed by atoms with E-state index in [4.69, 9.17) is 33.2 Å². The van der Waals surface area contributed by atoms with E-state index in [0.29, 0.717) is 12.2 Å². The standard InChI is InChI=1S/C27H27Cl2N3O/c1-19-3-12-25(24(29)15-19)32-14-13-31(17-26(32)21-8-10-23(28)11-9-21)27(18-33-2)22-6-4-20(16-30)5-7-22/h3-12,15,26-27H,13-14,17-18H2,1-2H3. The highest BCUT2D eigenvalue weighted by molar-refractivity contribution is 6.33. The first-order chi connectivity index (χ1) is 16.0. The Morgan fingerprint density at radius 2 is 1.76 bits per heavy atom. The lowest BCUT2D eigenvalue weighted by molar-refractivity contribution is 0.0758. The van der Waals surface area contributed by atoms with Crippen molar-refractivity contribution < 1.29 is 4.74 Å². The molecule has 2 atom stereocenters. The van der Waals surface area contributed by atoms with Crippen molar-refractivity contribution in [3.05, 3.63) is 99.0 Å². The van der Waals surface area contributed by atoms with E-state index in [1.807, 2.05) is 42.5 Å². The number of benzene rings is 3. The van der Waals surface area contributed by atoms with E-state index < -0.39 is 0 Å². The summed E-state index contributed by atoms with van der Waals surface area (Å²) in [6.45, 7) is 5.12. The molecule has 0 aliphatic carbocycles. The molecule has 2 unspecified atom stereocenters. The molecule has 4 nitrogen and oxygen atoms in total. The molecule has 1 aliphatic heterocycles. The summed E-state index contributed by atoms with van der Waals surface area (Å²) < 4.78 is 5.61. The highest BCUT2D eigenvalue weighted by Crippen LogP contribution is 2.38. The lowest BCUT2D eigenvalue weighted by Gasteiger charge is -2.46. The molecule has 0 bridgehead atoms. The zero-order valence-electron chi connectivity index (χ0n) is 18.8. The number of ether oxygens (including phenoxy) is 1. The SMILES string of the molecule is COCC(c1ccc(C#N)cc1)N1CCN(c2ccc(C)cc2Cl)C(c2ccc(Cl)cc2)C1. The van der Waals surface area contributed by atoms with Gasteiger partial charge in [0.05, 0.1) is 41.0 Å². The average Bonchev–Trinajstić information content (AvgIpc) is 2.83. The van der Waals surface area contributed by atoms with E-state index in [2.05, 4.69) is 47.1 Å². The number of anilines is 1. The molecule has 4 rings (SSSR count). The van der Waals surface area contributed by atoms with E-state index in [-0.39, 0.29) is 12.1 Å². The fourth-order valence-corrected chi connectivity index (χ4v) is 5.01. The van der Waals surface area contributed by atoms with Gasteiger partial charge < -0.3 is 9.64 Å². The first-order valence-electron chi connectivity index (χ1n) is 11.0. The molecule has 0 aromatic heterocycles. The molecule has 0 radical (unpaired) electrons. The Kier molecular flexibility index (Phi) is 7.57. The minimum Gasteiger partial charge on any atom is -0.383 e. The molecule has 170 valence electrons. The molecule has 0 spiro atoms. The van der Waals surface area contributed by atoms with Crippen molar-refractivity contribution in [2.24, 2.45) is 0 Å². The van der Waals surface area contributed by atoms with Crippen molar-refractivity contribution in [2.45, 2.75) is 19.0 Å². The number of hydrogen-bond donors (Lipinski definition) is 0. The third-order valence-corrected chi connectivity index (χ3v) is 6.82. The number of hydrogen-bond acceptors (Lipinski definition) is 4. The number of nitrogens with zero attached hydrogens (tertiary/aromatic N) is 3. The second-order valence-electron chi connectivity index (χ2n) is 8.42. The summed E-state index contributed by atoms with van der Waals surface area (Å²) in [4.78, 5) is 4.85. The molecule has 1 fully saturated rings. The van der Waals surface area contributed by atoms with Gasteiger partial charge in [-0.15, -0.1) is 0 Å². The second kappa shape index (κ2) is 10.6. The molecular weight excluding hydrogens is 453 g/mol. The van der Waals surface area contributed by atoms with Gasteiger partial charge >= 0.3 is 0 Å². The molecule has 1 saturated heterocycles. The Bertz CT molecular complexity index is 1130. The van der Waals surface area contributed by atoms with Crippen LogP contribution >= 0.6 is 23.2 Å². The lowest BCUT2D eigenvalue weighted by Crippen LogP contribution is -2.50. The summed E-state index contributed by atoms with van der Waals surface area (Å²) in [5, 5.41) is 10.7. The number of halogens is 2. The maximum absolute atomic E-state index is 9.17. The Balaban J connectivity index is 1.68. The van der Waals surface area contributed by atoms with Crippen LogP contribution in [0.1, 0.15) is 34.3 Å². The fourth-order valence-electron chi connectivity index (χ4n) is 4.54. The van der Waals surface area contributed by atoms with E-state index in [1.165, 1.54) is 5.56 Å². The molecule has 1 heterocycles. The molecule has 0 amide bonds. The summed E-state index contributed by atoms with van der Waals surface area (Å²) in [6.07, 6.45) is 0. The van der Waals surface area contributed by atoms with Gasteiger partial charge in [0.15, 0.2) is 0 Å². The molecule has 33 heavy (non-hydrogen) atoms. The topological polar surface area (TPSA) is 39.5 Å². The van der Waals surface area contributed by atoms with Gasteiger partial charge in [0.25, 0.3) is 0 Å². The minimum absolute atomic E-state index is 0.0909. The van der Waals surface area contributed by atoms with Gasteiger partial charge in [0.1, 0.15) is 0 Å². The smallest absolute Gasteiger partial charge is 0.0991 e. The lowest BCUT2D eigenvalue weighted by atomic mass is 9.97. The molecule has 6 heteroatoms. The monoisotopic (exact) mass is 479 g/mol. The minimum atomic E-state index is 0.0909. The first-order valence-corrected chi connectivity index (χ1v) is 11.8. The Morgan fingerprint density at radius 3 is 2.39 bits per heavy atom. The van der Waals surface area contributed by atoms with Crippen molar-refractivity contribution in [1.29, 1.82) is 5.26 Å². The quantitative estimate of drug-likeness (QED) is 0.408. The maximum atomic E-state index is 9.17. The van der Waals surface area contributed by atoms with Gasteiger partial charge in [-0.2, -0.15) is 5.26 Å². The van der Waals surface area contributed by atoms with Crippen LogP contribution in [0.3, 0.4) is 0 Å². The number of rotatable bonds is 6. The number of aryl methyl sites for hydroxylation is 1. The van der Waals surface area contributed by atoms with Gasteiger partial charge in [-0.3, -0.25) is 4.90 Å². The van der Waals surface area contributed by atoms with Gasteiger partial charge in [0.2, 0.25) is 0 Å². The van der Waals surface area contributed by atoms with Crippen molar-refractivity contribution >= 4 is 28.9 Å². The third kappa shape index (κ3) is 5.34. The van der Waals surface area contributed by atoms with E-state index in [1.54, 1.807) is 7.11 Å². The largest absolute Gasteiger partial charge is 0.383 e. The number of nitriles is 1. The summed E-state index contributed by atoms with van der Waals surface area (Å²) >= 11 is 12.9. The van der Waals surface area contributed by atoms with Crippen molar-refractivity contribution in [1.82, 2.24) is 4.90 Å². The predicted octanol–water partition coefficient (Wildman–Crippen LogP) is 6.42. The van der Waals surface area contributed by atoms with Gasteiger partial charge in [-0.05, 0) is 60.0 Å². The Labute approximate surface area is 205 Å². The van der Waals surface area contributed by atoms with E-state index in [0.717, 1.165) is 46.5 Å². The van der Waals surface area contributed by atoms with Gasteiger partial charge in [0, 0.05) is 31.8 Å². The van der Waals surface area contributed by atoms with Crippen LogP contribution in [0.25, 0.3) is 0 Å². The Hall–Kier alpha value is -2.55. The van der Waals surface area contributed by atoms with E-state index in [9.17, 15) is 0 Å². The van der Waals surface area contributed by atoms with Crippen LogP contribution in [-0.2, 0) is 4.74 Å². The highest BCUT2D eigenvalue weighted by Gasteiger charge is 2.33. The average molecular weight is 480 g/mol. The normalized spacial score (nSPS) is 17.5. The van der Waals surface area contributed by atoms with Crippen molar-refractivity contribution in [2.75, 3.05) is 38.3 Å². The third-order valence-electron chi connectivity index (χ3n) is 6.27. The van der Waals surface area contributed by atoms with Crippen molar-refractivity contribution in [3.8, 4) is 6.07 Å². The zero-order valence-corrected chi connectivity index (χ0v) is 20.4. The van der Waals surface area contributed by atoms with E-state index >= 15 is 0 Å². The zero-order chi connectivity index (χ0) is 23.4. The molecule has 3 aromatic carbocycles. The maximum Gasteiger partial charge on any atom is 0.0991 e. The summed E-state index contributed by atoms with van der Waals surface area (Å²) in [7, 11) is 1.73. The molecule has 0 N–H and O–H groups in total. The van der Waals surface area contributed by atoms with Crippen LogP contribution in [-0.4, -0.2) is 38.3 Å². The predicted molar refractivity (Wildman–Crippen MR) is 135 cm³/mol. The fraction of sp³-hybridized carbons (Fsp3) is 0.296. The van der Waals surface area contributed by atoms with Gasteiger partial charge in [-0.1, -0.05) is 53.5 Å². The van der Waals surface area contributed by atoms with Crippen LogP contribution in [0.15, 0.2) is 66.7 Å². The van der Waals surface area contributed by atoms with Crippen LogP contribution in [0.4, 0.5) is 5.69 Å². The van der Waals surface area contributed by atoms with Crippen LogP contribution in [0, 0.1) is 18.3 Å². The first kappa shape index (κ1) is 23.6. The number of piperazine rings is 1. The second-order valence-corrected chi connectivity index (χ2v) is 9.26. The highest BCUT2D eigenvalue weighted by atomic mass is 35.5. The molecule has 3 aromatic rings. The van der Waals surface area contributed by atoms with Crippen molar-refractivity contribution in [3.63, 3.8) is 0 Å². The number of methoxy groups -OCH3 is 1. The molecule has 1 aliphatic rings. The summed E-state index contributed by atoms with van der Waals surface area (Å²) in [5.41, 5.74) is 5.19. The summed E-state index contributed by atoms with van der Waals surface area (Å²) in [5.74, 6) is 0. The Morgan fingerprint density at radius 1 is 1.03 bits per heavy atom. The summed E-state index contributed by atoms with van der Waals surface area (Å²) in [6, 6.07) is 24.5. The van der Waals surface area contributed by atoms with Crippen LogP contribution < -0.4 is 4.90 Å². The van der Waals surface area contributed by atoms with Crippen LogP contribution in [0.5, 0.6) is 0 Å². The molecule has 0 saturated carbocycles. The van der Waals surface area contributed by atoms with Gasteiger partial charge in [-0.25, -0.2) is 0 Å². The molecular formula is C27H27Cl2N3O. The van der Waals surface area contributed by atoms with Crippen LogP contribution in [0.2, 0.25) is 10.0 Å².